The summed E-state index contributed by atoms with van der Waals surface area (Å²) in [6, 6.07) is 18.1. The molecule has 0 saturated heterocycles. The maximum Gasteiger partial charge on any atom is 0.340 e. The van der Waals surface area contributed by atoms with Crippen LogP contribution in [0.5, 0.6) is 0 Å². The molecule has 0 fully saturated rings. The standard InChI is InChI=1S/C28H22Cl2N4O5S/c1-38-28(37)20-9-11-25(35)33(13-12-17-5-4-14-39-17)26(20)22-15-24(31-16-18-8-10-23(30)40-18)34(32-22)27(36)19-6-2-3-7-21(19)29/h2-11,14-15,31H,12-13,16H2,1H3. The number of benzene rings is 1. The molecule has 4 aromatic heterocycles. The predicted octanol–water partition coefficient (Wildman–Crippen LogP) is 6.00. The second-order valence-corrected chi connectivity index (χ2v) is 10.8. The van der Waals surface area contributed by atoms with Crippen LogP contribution in [0, 0.1) is 0 Å². The number of aryl methyl sites for hydroxylation is 1. The number of aromatic nitrogens is 3. The van der Waals surface area contributed by atoms with Crippen LogP contribution in [0.2, 0.25) is 9.36 Å². The minimum Gasteiger partial charge on any atom is -0.469 e. The number of thiophene rings is 1. The van der Waals surface area contributed by atoms with E-state index in [0.717, 1.165) is 4.88 Å². The largest absolute Gasteiger partial charge is 0.469 e. The Morgan fingerprint density at radius 3 is 2.58 bits per heavy atom. The summed E-state index contributed by atoms with van der Waals surface area (Å²) in [4.78, 5) is 40.4. The molecule has 1 N–H and O–H groups in total. The van der Waals surface area contributed by atoms with Crippen LogP contribution < -0.4 is 10.9 Å². The average Bonchev–Trinajstić information content (AvgIpc) is 3.72. The summed E-state index contributed by atoms with van der Waals surface area (Å²) in [5, 5.41) is 8.05. The second kappa shape index (κ2) is 12.0. The SMILES string of the molecule is COC(=O)c1ccc(=O)n(CCc2ccco2)c1-c1cc(NCc2ccc(Cl)s2)n(C(=O)c2ccccc2Cl)n1. The lowest BCUT2D eigenvalue weighted by atomic mass is 10.1. The van der Waals surface area contributed by atoms with E-state index in [1.54, 1.807) is 54.8 Å². The van der Waals surface area contributed by atoms with E-state index in [9.17, 15) is 14.4 Å². The molecule has 204 valence electrons. The highest BCUT2D eigenvalue weighted by atomic mass is 35.5. The highest BCUT2D eigenvalue weighted by Gasteiger charge is 2.25. The van der Waals surface area contributed by atoms with Crippen LogP contribution in [0.25, 0.3) is 11.4 Å². The predicted molar refractivity (Wildman–Crippen MR) is 154 cm³/mol. The van der Waals surface area contributed by atoms with Gasteiger partial charge in [-0.15, -0.1) is 11.3 Å². The van der Waals surface area contributed by atoms with Crippen molar-refractivity contribution in [2.45, 2.75) is 19.5 Å². The van der Waals surface area contributed by atoms with E-state index in [-0.39, 0.29) is 39.6 Å². The summed E-state index contributed by atoms with van der Waals surface area (Å²) in [5.74, 6) is -0.160. The van der Waals surface area contributed by atoms with Crippen molar-refractivity contribution in [1.29, 1.82) is 0 Å². The fourth-order valence-electron chi connectivity index (χ4n) is 4.18. The second-order valence-electron chi connectivity index (χ2n) is 8.58. The molecule has 0 aliphatic carbocycles. The van der Waals surface area contributed by atoms with Gasteiger partial charge in [-0.2, -0.15) is 9.78 Å². The summed E-state index contributed by atoms with van der Waals surface area (Å²) in [6.07, 6.45) is 1.93. The summed E-state index contributed by atoms with van der Waals surface area (Å²) >= 11 is 13.8. The van der Waals surface area contributed by atoms with E-state index in [0.29, 0.717) is 28.9 Å². The molecule has 0 atom stereocenters. The summed E-state index contributed by atoms with van der Waals surface area (Å²) in [5.41, 5.74) is 0.415. The first kappa shape index (κ1) is 27.4. The van der Waals surface area contributed by atoms with E-state index in [1.807, 2.05) is 6.07 Å². The fraction of sp³-hybridized carbons (Fsp3) is 0.143. The number of anilines is 1. The molecule has 5 aromatic rings. The molecular formula is C28H22Cl2N4O5S. The Morgan fingerprint density at radius 1 is 1.05 bits per heavy atom. The lowest BCUT2D eigenvalue weighted by Crippen LogP contribution is -2.25. The van der Waals surface area contributed by atoms with Crippen LogP contribution in [0.3, 0.4) is 0 Å². The van der Waals surface area contributed by atoms with Crippen molar-refractivity contribution in [3.63, 3.8) is 0 Å². The normalized spacial score (nSPS) is 11.0. The van der Waals surface area contributed by atoms with Gasteiger partial charge in [-0.25, -0.2) is 4.79 Å². The first-order chi connectivity index (χ1) is 19.4. The molecule has 0 aliphatic rings. The molecule has 0 aliphatic heterocycles. The van der Waals surface area contributed by atoms with Gasteiger partial charge in [0.25, 0.3) is 11.5 Å². The zero-order valence-corrected chi connectivity index (χ0v) is 23.4. The number of esters is 1. The summed E-state index contributed by atoms with van der Waals surface area (Å²) in [6.45, 7) is 0.538. The van der Waals surface area contributed by atoms with Gasteiger partial charge in [-0.1, -0.05) is 35.3 Å². The zero-order chi connectivity index (χ0) is 28.2. The third-order valence-corrected chi connectivity index (χ3v) is 7.63. The van der Waals surface area contributed by atoms with Crippen LogP contribution in [-0.4, -0.2) is 33.3 Å². The Balaban J connectivity index is 1.64. The van der Waals surface area contributed by atoms with Gasteiger partial charge in [-0.05, 0) is 42.5 Å². The third-order valence-electron chi connectivity index (χ3n) is 6.07. The molecule has 4 heterocycles. The van der Waals surface area contributed by atoms with E-state index in [1.165, 1.54) is 39.8 Å². The van der Waals surface area contributed by atoms with Crippen LogP contribution in [0.4, 0.5) is 5.82 Å². The van der Waals surface area contributed by atoms with Gasteiger partial charge in [0, 0.05) is 30.0 Å². The maximum atomic E-state index is 13.6. The number of nitrogens with one attached hydrogen (secondary N) is 1. The molecule has 0 unspecified atom stereocenters. The van der Waals surface area contributed by atoms with Crippen LogP contribution in [0.1, 0.15) is 31.4 Å². The Morgan fingerprint density at radius 2 is 1.88 bits per heavy atom. The van der Waals surface area contributed by atoms with E-state index >= 15 is 0 Å². The minimum absolute atomic E-state index is 0.118. The number of hydrogen-bond acceptors (Lipinski definition) is 8. The Hall–Kier alpha value is -4.12. The highest BCUT2D eigenvalue weighted by molar-refractivity contribution is 7.16. The monoisotopic (exact) mass is 596 g/mol. The molecule has 0 saturated carbocycles. The van der Waals surface area contributed by atoms with Gasteiger partial charge in [0.2, 0.25) is 0 Å². The van der Waals surface area contributed by atoms with Gasteiger partial charge in [0.1, 0.15) is 17.3 Å². The number of carbonyl (C=O) groups excluding carboxylic acids is 2. The van der Waals surface area contributed by atoms with Gasteiger partial charge in [0.15, 0.2) is 0 Å². The topological polar surface area (TPSA) is 108 Å². The van der Waals surface area contributed by atoms with Crippen molar-refractivity contribution in [2.75, 3.05) is 12.4 Å². The highest BCUT2D eigenvalue weighted by Crippen LogP contribution is 2.29. The lowest BCUT2D eigenvalue weighted by Gasteiger charge is -2.14. The third kappa shape index (κ3) is 5.74. The first-order valence-electron chi connectivity index (χ1n) is 12.1. The molecule has 0 spiro atoms. The Kier molecular flexibility index (Phi) is 8.20. The molecule has 1 aromatic carbocycles. The first-order valence-corrected chi connectivity index (χ1v) is 13.6. The Labute approximate surface area is 242 Å². The molecule has 0 amide bonds. The van der Waals surface area contributed by atoms with Gasteiger partial charge >= 0.3 is 5.97 Å². The summed E-state index contributed by atoms with van der Waals surface area (Å²) in [7, 11) is 1.25. The van der Waals surface area contributed by atoms with Crippen molar-refractivity contribution in [2.24, 2.45) is 0 Å². The van der Waals surface area contributed by atoms with Crippen molar-refractivity contribution >= 4 is 52.2 Å². The Bertz CT molecular complexity index is 1740. The molecular weight excluding hydrogens is 575 g/mol. The number of hydrogen-bond donors (Lipinski definition) is 1. The fourth-order valence-corrected chi connectivity index (χ4v) is 5.42. The number of furan rings is 1. The molecule has 9 nitrogen and oxygen atoms in total. The number of nitrogens with zero attached hydrogens (tertiary/aromatic N) is 3. The van der Waals surface area contributed by atoms with Crippen molar-refractivity contribution in [1.82, 2.24) is 14.3 Å². The number of ether oxygens (including phenoxy) is 1. The van der Waals surface area contributed by atoms with Crippen LogP contribution in [-0.2, 0) is 24.2 Å². The molecule has 12 heteroatoms. The zero-order valence-electron chi connectivity index (χ0n) is 21.1. The number of halogens is 2. The maximum absolute atomic E-state index is 13.6. The summed E-state index contributed by atoms with van der Waals surface area (Å²) < 4.78 is 13.6. The minimum atomic E-state index is -0.656. The van der Waals surface area contributed by atoms with E-state index in [4.69, 9.17) is 32.4 Å². The van der Waals surface area contributed by atoms with Gasteiger partial charge in [-0.3, -0.25) is 9.59 Å². The molecule has 40 heavy (non-hydrogen) atoms. The smallest absolute Gasteiger partial charge is 0.340 e. The van der Waals surface area contributed by atoms with E-state index in [2.05, 4.69) is 10.4 Å². The number of rotatable bonds is 9. The molecule has 0 bridgehead atoms. The molecule has 5 rings (SSSR count). The number of methoxy groups -OCH3 is 1. The van der Waals surface area contributed by atoms with Crippen LogP contribution in [0.15, 0.2) is 82.2 Å². The van der Waals surface area contributed by atoms with Crippen molar-refractivity contribution in [3.8, 4) is 11.4 Å². The quantitative estimate of drug-likeness (QED) is 0.208. The average molecular weight is 597 g/mol. The van der Waals surface area contributed by atoms with Crippen molar-refractivity contribution in [3.05, 3.63) is 114 Å². The number of pyridine rings is 1. The van der Waals surface area contributed by atoms with Crippen molar-refractivity contribution < 1.29 is 18.7 Å². The lowest BCUT2D eigenvalue weighted by molar-refractivity contribution is 0.0600. The van der Waals surface area contributed by atoms with Crippen LogP contribution >= 0.6 is 34.5 Å². The van der Waals surface area contributed by atoms with E-state index < -0.39 is 11.9 Å². The molecule has 0 radical (unpaired) electrons. The number of carbonyl (C=O) groups is 2. The van der Waals surface area contributed by atoms with Gasteiger partial charge < -0.3 is 19.0 Å². The van der Waals surface area contributed by atoms with Gasteiger partial charge in [0.05, 0.1) is 46.1 Å².